The molecule has 0 unspecified atom stereocenters. The van der Waals surface area contributed by atoms with Crippen molar-refractivity contribution in [1.82, 2.24) is 4.90 Å². The number of benzene rings is 2. The zero-order chi connectivity index (χ0) is 25.5. The third-order valence-corrected chi connectivity index (χ3v) is 6.44. The van der Waals surface area contributed by atoms with Crippen LogP contribution in [0.1, 0.15) is 49.5 Å². The van der Waals surface area contributed by atoms with Crippen molar-refractivity contribution in [3.05, 3.63) is 83.8 Å². The summed E-state index contributed by atoms with van der Waals surface area (Å²) in [6, 6.07) is 12.9. The zero-order valence-corrected chi connectivity index (χ0v) is 19.9. The fourth-order valence-corrected chi connectivity index (χ4v) is 4.40. The number of halogens is 3. The van der Waals surface area contributed by atoms with Crippen LogP contribution in [-0.4, -0.2) is 19.2 Å². The summed E-state index contributed by atoms with van der Waals surface area (Å²) < 4.78 is 74.7. The van der Waals surface area contributed by atoms with E-state index in [0.29, 0.717) is 23.8 Å². The highest BCUT2D eigenvalue weighted by Crippen LogP contribution is 2.31. The van der Waals surface area contributed by atoms with Gasteiger partial charge in [-0.25, -0.2) is 0 Å². The Bertz CT molecular complexity index is 1220. The molecule has 10 heteroatoms. The zero-order valence-electron chi connectivity index (χ0n) is 19.1. The summed E-state index contributed by atoms with van der Waals surface area (Å²) in [5, 5.41) is 0. The molecule has 6 nitrogen and oxygen atoms in total. The molecule has 1 heterocycles. The van der Waals surface area contributed by atoms with E-state index >= 15 is 0 Å². The molecule has 35 heavy (non-hydrogen) atoms. The predicted molar refractivity (Wildman–Crippen MR) is 123 cm³/mol. The van der Waals surface area contributed by atoms with Crippen LogP contribution in [0.15, 0.2) is 76.2 Å². The Morgan fingerprint density at radius 1 is 1.00 bits per heavy atom. The van der Waals surface area contributed by atoms with Crippen LogP contribution in [0.3, 0.4) is 0 Å². The van der Waals surface area contributed by atoms with Gasteiger partial charge in [0, 0.05) is 13.0 Å². The van der Waals surface area contributed by atoms with Crippen molar-refractivity contribution in [3.8, 4) is 5.75 Å². The highest BCUT2D eigenvalue weighted by atomic mass is 32.2. The van der Waals surface area contributed by atoms with Gasteiger partial charge in [-0.2, -0.15) is 21.6 Å². The van der Waals surface area contributed by atoms with Crippen LogP contribution in [0.25, 0.3) is 0 Å². The number of hydrogen-bond donors (Lipinski definition) is 0. The van der Waals surface area contributed by atoms with E-state index < -0.39 is 26.8 Å². The van der Waals surface area contributed by atoms with E-state index in [-0.39, 0.29) is 24.7 Å². The van der Waals surface area contributed by atoms with Crippen LogP contribution in [0, 0.1) is 0 Å². The molecular weight excluding hydrogens is 483 g/mol. The highest BCUT2D eigenvalue weighted by Gasteiger charge is 2.32. The van der Waals surface area contributed by atoms with Gasteiger partial charge in [-0.15, -0.1) is 0 Å². The molecule has 0 atom stereocenters. The molecule has 0 saturated carbocycles. The maximum atomic E-state index is 13.0. The van der Waals surface area contributed by atoms with Gasteiger partial charge in [-0.1, -0.05) is 38.0 Å². The summed E-state index contributed by atoms with van der Waals surface area (Å²) in [6.45, 7) is 2.46. The molecule has 0 radical (unpaired) electrons. The van der Waals surface area contributed by atoms with Crippen LogP contribution in [0.4, 0.5) is 13.2 Å². The minimum absolute atomic E-state index is 0.0715. The van der Waals surface area contributed by atoms with E-state index in [9.17, 15) is 26.4 Å². The lowest BCUT2D eigenvalue weighted by Gasteiger charge is -2.22. The monoisotopic (exact) mass is 509 g/mol. The molecule has 0 spiro atoms. The smallest absolute Gasteiger partial charge is 0.416 e. The molecule has 0 aliphatic heterocycles. The molecule has 3 aromatic rings. The fraction of sp³-hybridized carbons (Fsp3) is 0.320. The van der Waals surface area contributed by atoms with Gasteiger partial charge in [0.1, 0.15) is 16.4 Å². The van der Waals surface area contributed by atoms with Crippen molar-refractivity contribution >= 4 is 16.0 Å². The van der Waals surface area contributed by atoms with Crippen LogP contribution in [-0.2, 0) is 34.2 Å². The molecule has 2 aromatic carbocycles. The van der Waals surface area contributed by atoms with Crippen LogP contribution in [0.2, 0.25) is 0 Å². The van der Waals surface area contributed by atoms with Gasteiger partial charge in [0.25, 0.3) is 0 Å². The number of hydrogen-bond acceptors (Lipinski definition) is 5. The Balaban J connectivity index is 1.78. The average Bonchev–Trinajstić information content (AvgIpc) is 3.31. The maximum Gasteiger partial charge on any atom is 0.416 e. The summed E-state index contributed by atoms with van der Waals surface area (Å²) in [5.41, 5.74) is -0.497. The van der Waals surface area contributed by atoms with Crippen molar-refractivity contribution in [2.75, 3.05) is 0 Å². The third-order valence-electron chi connectivity index (χ3n) is 5.20. The lowest BCUT2D eigenvalue weighted by Crippen LogP contribution is -2.29. The average molecular weight is 510 g/mol. The van der Waals surface area contributed by atoms with Crippen LogP contribution in [0.5, 0.6) is 5.75 Å². The molecular formula is C25H26F3NO5S. The number of unbranched alkanes of at least 4 members (excludes halogenated alkanes) is 2. The van der Waals surface area contributed by atoms with Crippen molar-refractivity contribution < 1.29 is 35.0 Å². The molecule has 1 aromatic heterocycles. The number of rotatable bonds is 11. The second kappa shape index (κ2) is 11.4. The van der Waals surface area contributed by atoms with Crippen molar-refractivity contribution in [2.45, 2.75) is 56.8 Å². The largest absolute Gasteiger partial charge is 0.467 e. The van der Waals surface area contributed by atoms with Gasteiger partial charge < -0.3 is 13.5 Å². The normalized spacial score (nSPS) is 11.9. The molecule has 0 N–H and O–H groups in total. The topological polar surface area (TPSA) is 76.8 Å². The molecule has 1 amide bonds. The van der Waals surface area contributed by atoms with Crippen LogP contribution >= 0.6 is 0 Å². The number of carbonyl (C=O) groups excluding carboxylic acids is 1. The Labute approximate surface area is 202 Å². The molecule has 0 saturated heterocycles. The summed E-state index contributed by atoms with van der Waals surface area (Å²) in [4.78, 5) is 13.8. The second-order valence-electron chi connectivity index (χ2n) is 8.00. The van der Waals surface area contributed by atoms with E-state index in [1.54, 1.807) is 29.2 Å². The van der Waals surface area contributed by atoms with Gasteiger partial charge in [0.05, 0.1) is 18.4 Å². The van der Waals surface area contributed by atoms with Gasteiger partial charge in [0.2, 0.25) is 5.91 Å². The molecule has 0 aliphatic rings. The van der Waals surface area contributed by atoms with Crippen LogP contribution < -0.4 is 4.18 Å². The standard InChI is InChI=1S/C25H26F3NO5S/c1-2-3-4-13-24(30)29(18-22-11-7-14-33-22)17-19-8-5-10-21(15-19)34-35(31,32)23-12-6-9-20(16-23)25(26,27)28/h5-12,14-16H,2-4,13,17-18H2,1H3. The van der Waals surface area contributed by atoms with Crippen molar-refractivity contribution in [3.63, 3.8) is 0 Å². The lowest BCUT2D eigenvalue weighted by atomic mass is 10.1. The van der Waals surface area contributed by atoms with E-state index in [1.807, 2.05) is 6.92 Å². The number of nitrogens with zero attached hydrogens (tertiary/aromatic N) is 1. The first-order valence-corrected chi connectivity index (χ1v) is 12.5. The first-order chi connectivity index (χ1) is 16.6. The summed E-state index contributed by atoms with van der Waals surface area (Å²) >= 11 is 0. The highest BCUT2D eigenvalue weighted by molar-refractivity contribution is 7.87. The van der Waals surface area contributed by atoms with E-state index in [4.69, 9.17) is 8.60 Å². The molecule has 188 valence electrons. The van der Waals surface area contributed by atoms with E-state index in [1.165, 1.54) is 18.4 Å². The van der Waals surface area contributed by atoms with Gasteiger partial charge in [-0.3, -0.25) is 4.79 Å². The summed E-state index contributed by atoms with van der Waals surface area (Å²) in [7, 11) is -4.51. The molecule has 3 rings (SSSR count). The fourth-order valence-electron chi connectivity index (χ4n) is 3.43. The molecule has 0 aliphatic carbocycles. The minimum Gasteiger partial charge on any atom is -0.467 e. The molecule has 0 fully saturated rings. The Morgan fingerprint density at radius 2 is 1.77 bits per heavy atom. The van der Waals surface area contributed by atoms with Gasteiger partial charge in [0.15, 0.2) is 0 Å². The Kier molecular flexibility index (Phi) is 8.61. The SMILES string of the molecule is CCCCCC(=O)N(Cc1cccc(OS(=O)(=O)c2cccc(C(F)(F)F)c2)c1)Cc1ccco1. The van der Waals surface area contributed by atoms with Gasteiger partial charge in [-0.05, 0) is 54.4 Å². The maximum absolute atomic E-state index is 13.0. The number of amides is 1. The molecule has 0 bridgehead atoms. The third kappa shape index (κ3) is 7.61. The quantitative estimate of drug-likeness (QED) is 0.228. The number of alkyl halides is 3. The number of carbonyl (C=O) groups is 1. The minimum atomic E-state index is -4.69. The van der Waals surface area contributed by atoms with Crippen molar-refractivity contribution in [1.29, 1.82) is 0 Å². The number of furan rings is 1. The van der Waals surface area contributed by atoms with Gasteiger partial charge >= 0.3 is 16.3 Å². The van der Waals surface area contributed by atoms with Crippen molar-refractivity contribution in [2.24, 2.45) is 0 Å². The predicted octanol–water partition coefficient (Wildman–Crippen LogP) is 6.18. The summed E-state index contributed by atoms with van der Waals surface area (Å²) in [6.07, 6.45) is -0.145. The Hall–Kier alpha value is -3.27. The van der Waals surface area contributed by atoms with E-state index in [0.717, 1.165) is 37.5 Å². The first-order valence-electron chi connectivity index (χ1n) is 11.1. The second-order valence-corrected chi connectivity index (χ2v) is 9.54. The Morgan fingerprint density at radius 3 is 2.46 bits per heavy atom. The summed E-state index contributed by atoms with van der Waals surface area (Å²) in [5.74, 6) is 0.461. The first kappa shape index (κ1) is 26.3. The van der Waals surface area contributed by atoms with E-state index in [2.05, 4.69) is 0 Å². The lowest BCUT2D eigenvalue weighted by molar-refractivity contribution is -0.137.